The molecule has 98 valence electrons. The van der Waals surface area contributed by atoms with Crippen molar-refractivity contribution < 1.29 is 4.79 Å². The molecule has 2 rings (SSSR count). The van der Waals surface area contributed by atoms with Gasteiger partial charge >= 0.3 is 0 Å². The lowest BCUT2D eigenvalue weighted by molar-refractivity contribution is -0.113. The van der Waals surface area contributed by atoms with Crippen molar-refractivity contribution in [2.75, 3.05) is 10.6 Å². The summed E-state index contributed by atoms with van der Waals surface area (Å²) in [4.78, 5) is 16.5. The molecule has 0 aliphatic heterocycles. The van der Waals surface area contributed by atoms with Crippen molar-refractivity contribution in [1.82, 2.24) is 4.98 Å². The van der Waals surface area contributed by atoms with Crippen LogP contribution in [-0.4, -0.2) is 16.2 Å². The quantitative estimate of drug-likeness (QED) is 0.668. The molecule has 0 aliphatic carbocycles. The maximum atomic E-state index is 11.2. The van der Waals surface area contributed by atoms with Crippen LogP contribution >= 0.6 is 27.7 Å². The average Bonchev–Trinajstić information content (AvgIpc) is 2.47. The van der Waals surface area contributed by atoms with Crippen molar-refractivity contribution in [3.8, 4) is 0 Å². The van der Waals surface area contributed by atoms with Crippen molar-refractivity contribution in [3.63, 3.8) is 0 Å². The molecule has 1 aromatic heterocycles. The fourth-order valence-electron chi connectivity index (χ4n) is 1.48. The van der Waals surface area contributed by atoms with Crippen LogP contribution in [0.5, 0.6) is 0 Å². The van der Waals surface area contributed by atoms with E-state index in [4.69, 9.17) is 0 Å². The Hall–Kier alpha value is -1.33. The number of aromatic nitrogens is 1. The zero-order valence-corrected chi connectivity index (χ0v) is 12.6. The summed E-state index contributed by atoms with van der Waals surface area (Å²) in [5.41, 5.74) is 2.01. The molecular weight excluding hydrogens is 324 g/mol. The number of hydrogen-bond donors (Lipinski definition) is 1. The number of benzene rings is 1. The predicted molar refractivity (Wildman–Crippen MR) is 82.7 cm³/mol. The smallest absolute Gasteiger partial charge is 0.235 e. The second kappa shape index (κ2) is 7.31. The predicted octanol–water partition coefficient (Wildman–Crippen LogP) is 3.71. The lowest BCUT2D eigenvalue weighted by Crippen LogP contribution is -2.11. The zero-order valence-electron chi connectivity index (χ0n) is 10.2. The van der Waals surface area contributed by atoms with Crippen molar-refractivity contribution in [2.24, 2.45) is 0 Å². The molecule has 0 saturated carbocycles. The van der Waals surface area contributed by atoms with Gasteiger partial charge in [0.25, 0.3) is 0 Å². The maximum absolute atomic E-state index is 11.2. The minimum absolute atomic E-state index is 0.0456. The molecule has 5 heteroatoms. The molecule has 3 nitrogen and oxygen atoms in total. The number of thioether (sulfide) groups is 1. The Kier molecular flexibility index (Phi) is 5.42. The van der Waals surface area contributed by atoms with Gasteiger partial charge in [-0.25, -0.2) is 0 Å². The van der Waals surface area contributed by atoms with Gasteiger partial charge in [-0.1, -0.05) is 22.0 Å². The number of amides is 1. The molecule has 1 heterocycles. The topological polar surface area (TPSA) is 42.0 Å². The van der Waals surface area contributed by atoms with E-state index in [0.29, 0.717) is 5.33 Å². The summed E-state index contributed by atoms with van der Waals surface area (Å²) in [6.45, 7) is 0. The van der Waals surface area contributed by atoms with Gasteiger partial charge in [-0.15, -0.1) is 11.8 Å². The molecule has 0 spiro atoms. The molecule has 1 N–H and O–H groups in total. The molecule has 0 radical (unpaired) electrons. The summed E-state index contributed by atoms with van der Waals surface area (Å²) < 4.78 is 0. The fraction of sp³-hybridized carbons (Fsp3) is 0.143. The van der Waals surface area contributed by atoms with Crippen molar-refractivity contribution in [1.29, 1.82) is 0 Å². The van der Waals surface area contributed by atoms with Gasteiger partial charge in [0, 0.05) is 28.7 Å². The first-order chi connectivity index (χ1) is 9.28. The first-order valence-electron chi connectivity index (χ1n) is 5.75. The van der Waals surface area contributed by atoms with E-state index in [0.717, 1.165) is 11.4 Å². The summed E-state index contributed by atoms with van der Waals surface area (Å²) in [6.07, 6.45) is 3.65. The standard InChI is InChI=1S/C14H13BrN2OS/c15-8-14(18)17-12-3-5-13(6-4-12)19-10-11-2-1-7-16-9-11/h1-7,9H,8,10H2,(H,17,18). The summed E-state index contributed by atoms with van der Waals surface area (Å²) in [5, 5.41) is 3.10. The number of pyridine rings is 1. The van der Waals surface area contributed by atoms with Crippen molar-refractivity contribution >= 4 is 39.3 Å². The van der Waals surface area contributed by atoms with Crippen LogP contribution in [0.3, 0.4) is 0 Å². The number of anilines is 1. The first kappa shape index (κ1) is 14.1. The molecule has 0 bridgehead atoms. The highest BCUT2D eigenvalue weighted by atomic mass is 79.9. The number of hydrogen-bond acceptors (Lipinski definition) is 3. The normalized spacial score (nSPS) is 10.2. The van der Waals surface area contributed by atoms with E-state index in [9.17, 15) is 4.79 Å². The zero-order chi connectivity index (χ0) is 13.5. The molecule has 0 aliphatic rings. The number of nitrogens with zero attached hydrogens (tertiary/aromatic N) is 1. The Morgan fingerprint density at radius 2 is 2.05 bits per heavy atom. The van der Waals surface area contributed by atoms with Crippen LogP contribution in [0.25, 0.3) is 0 Å². The lowest BCUT2D eigenvalue weighted by atomic mass is 10.3. The Balaban J connectivity index is 1.90. The summed E-state index contributed by atoms with van der Waals surface area (Å²) in [6, 6.07) is 11.8. The van der Waals surface area contributed by atoms with Gasteiger partial charge in [0.2, 0.25) is 5.91 Å². The van der Waals surface area contributed by atoms with Gasteiger partial charge in [0.15, 0.2) is 0 Å². The number of carbonyl (C=O) groups is 1. The number of carbonyl (C=O) groups excluding carboxylic acids is 1. The van der Waals surface area contributed by atoms with E-state index in [2.05, 4.69) is 32.3 Å². The van der Waals surface area contributed by atoms with E-state index in [-0.39, 0.29) is 5.91 Å². The van der Waals surface area contributed by atoms with Crippen LogP contribution < -0.4 is 5.32 Å². The van der Waals surface area contributed by atoms with Crippen LogP contribution in [0.1, 0.15) is 5.56 Å². The first-order valence-corrected chi connectivity index (χ1v) is 7.86. The van der Waals surface area contributed by atoms with Gasteiger partial charge in [0.05, 0.1) is 5.33 Å². The molecule has 1 amide bonds. The Bertz CT molecular complexity index is 531. The number of nitrogens with one attached hydrogen (secondary N) is 1. The Morgan fingerprint density at radius 3 is 2.68 bits per heavy atom. The van der Waals surface area contributed by atoms with E-state index < -0.39 is 0 Å². The molecule has 2 aromatic rings. The van der Waals surface area contributed by atoms with Gasteiger partial charge < -0.3 is 5.32 Å². The molecule has 1 aromatic carbocycles. The van der Waals surface area contributed by atoms with Gasteiger partial charge in [-0.2, -0.15) is 0 Å². The van der Waals surface area contributed by atoms with E-state index in [1.54, 1.807) is 18.0 Å². The molecule has 19 heavy (non-hydrogen) atoms. The second-order valence-corrected chi connectivity index (χ2v) is 5.47. The molecular formula is C14H13BrN2OS. The van der Waals surface area contributed by atoms with Crippen molar-refractivity contribution in [3.05, 3.63) is 54.4 Å². The largest absolute Gasteiger partial charge is 0.325 e. The number of rotatable bonds is 5. The lowest BCUT2D eigenvalue weighted by Gasteiger charge is -2.05. The Labute approximate surface area is 125 Å². The Morgan fingerprint density at radius 1 is 1.26 bits per heavy atom. The highest BCUT2D eigenvalue weighted by Crippen LogP contribution is 2.23. The van der Waals surface area contributed by atoms with Crippen LogP contribution in [0.4, 0.5) is 5.69 Å². The third kappa shape index (κ3) is 4.69. The summed E-state index contributed by atoms with van der Waals surface area (Å²) >= 11 is 4.86. The number of alkyl halides is 1. The molecule has 0 saturated heterocycles. The minimum atomic E-state index is -0.0456. The van der Waals surface area contributed by atoms with Crippen molar-refractivity contribution in [2.45, 2.75) is 10.6 Å². The number of halogens is 1. The second-order valence-electron chi connectivity index (χ2n) is 3.86. The van der Waals surface area contributed by atoms with E-state index in [1.165, 1.54) is 10.5 Å². The maximum Gasteiger partial charge on any atom is 0.235 e. The molecule has 0 atom stereocenters. The fourth-order valence-corrected chi connectivity index (χ4v) is 2.45. The van der Waals surface area contributed by atoms with Crippen LogP contribution in [0.2, 0.25) is 0 Å². The third-order valence-corrected chi connectivity index (χ3v) is 3.98. The van der Waals surface area contributed by atoms with Crippen LogP contribution in [0.15, 0.2) is 53.7 Å². The highest BCUT2D eigenvalue weighted by molar-refractivity contribution is 9.09. The minimum Gasteiger partial charge on any atom is -0.325 e. The van der Waals surface area contributed by atoms with Gasteiger partial charge in [0.1, 0.15) is 0 Å². The SMILES string of the molecule is O=C(CBr)Nc1ccc(SCc2cccnc2)cc1. The monoisotopic (exact) mass is 336 g/mol. The van der Waals surface area contributed by atoms with Gasteiger partial charge in [-0.05, 0) is 35.9 Å². The van der Waals surface area contributed by atoms with Crippen LogP contribution in [0, 0.1) is 0 Å². The average molecular weight is 337 g/mol. The third-order valence-electron chi connectivity index (χ3n) is 2.39. The van der Waals surface area contributed by atoms with E-state index >= 15 is 0 Å². The molecule has 0 fully saturated rings. The van der Waals surface area contributed by atoms with Crippen LogP contribution in [-0.2, 0) is 10.5 Å². The highest BCUT2D eigenvalue weighted by Gasteiger charge is 2.00. The van der Waals surface area contributed by atoms with Gasteiger partial charge in [-0.3, -0.25) is 9.78 Å². The molecule has 0 unspecified atom stereocenters. The summed E-state index contributed by atoms with van der Waals surface area (Å²) in [5.74, 6) is 0.844. The van der Waals surface area contributed by atoms with E-state index in [1.807, 2.05) is 36.5 Å². The summed E-state index contributed by atoms with van der Waals surface area (Å²) in [7, 11) is 0.